The maximum absolute atomic E-state index is 12.3. The zero-order valence-electron chi connectivity index (χ0n) is 17.4. The molecule has 0 bridgehead atoms. The van der Waals surface area contributed by atoms with E-state index in [9.17, 15) is 14.4 Å². The number of aryl methyl sites for hydroxylation is 1. The Balaban J connectivity index is 1.44. The smallest absolute Gasteiger partial charge is 0.269 e. The molecule has 0 saturated heterocycles. The Hall–Kier alpha value is -3.26. The monoisotopic (exact) mass is 438 g/mol. The molecule has 0 unspecified atom stereocenters. The number of rotatable bonds is 5. The molecule has 162 valence electrons. The van der Waals surface area contributed by atoms with E-state index in [2.05, 4.69) is 21.5 Å². The minimum absolute atomic E-state index is 0.0541. The van der Waals surface area contributed by atoms with E-state index < -0.39 is 5.91 Å². The Bertz CT molecular complexity index is 969. The van der Waals surface area contributed by atoms with Crippen molar-refractivity contribution in [1.29, 1.82) is 0 Å². The van der Waals surface area contributed by atoms with Crippen LogP contribution in [0.25, 0.3) is 0 Å². The number of thiocarbonyl (C=S) groups is 1. The summed E-state index contributed by atoms with van der Waals surface area (Å²) in [6.07, 6.45) is 4.94. The van der Waals surface area contributed by atoms with Gasteiger partial charge in [0.25, 0.3) is 11.8 Å². The maximum Gasteiger partial charge on any atom is 0.269 e. The van der Waals surface area contributed by atoms with E-state index in [0.29, 0.717) is 29.2 Å². The van der Waals surface area contributed by atoms with Gasteiger partial charge in [-0.2, -0.15) is 0 Å². The van der Waals surface area contributed by atoms with E-state index in [1.807, 2.05) is 19.1 Å². The van der Waals surface area contributed by atoms with Crippen LogP contribution in [0.2, 0.25) is 0 Å². The molecule has 0 heterocycles. The van der Waals surface area contributed by atoms with E-state index >= 15 is 0 Å². The van der Waals surface area contributed by atoms with Crippen molar-refractivity contribution in [3.05, 3.63) is 65.2 Å². The Morgan fingerprint density at radius 1 is 0.935 bits per heavy atom. The molecular weight excluding hydrogens is 412 g/mol. The standard InChI is InChI=1S/C23H26N4O3S/c1-15-5-4-8-18(13-15)21(29)24-19-11-9-17(10-12-19)22(30)26-27-23(31)25-20(28)14-16-6-2-3-7-16/h4-5,8-13,16H,2-3,6-7,14H2,1H3,(H,24,29)(H,26,30)(H2,25,27,28,31). The Labute approximate surface area is 187 Å². The Morgan fingerprint density at radius 3 is 2.32 bits per heavy atom. The molecule has 1 aliphatic carbocycles. The quantitative estimate of drug-likeness (QED) is 0.423. The third kappa shape index (κ3) is 6.89. The van der Waals surface area contributed by atoms with Crippen LogP contribution in [0.5, 0.6) is 0 Å². The van der Waals surface area contributed by atoms with Gasteiger partial charge in [-0.25, -0.2) is 0 Å². The lowest BCUT2D eigenvalue weighted by Crippen LogP contribution is -2.48. The molecule has 0 spiro atoms. The van der Waals surface area contributed by atoms with Crippen LogP contribution in [-0.4, -0.2) is 22.8 Å². The van der Waals surface area contributed by atoms with E-state index in [4.69, 9.17) is 12.2 Å². The molecule has 2 aromatic rings. The number of hydrogen-bond acceptors (Lipinski definition) is 4. The summed E-state index contributed by atoms with van der Waals surface area (Å²) < 4.78 is 0. The molecule has 1 saturated carbocycles. The Kier molecular flexibility index (Phi) is 7.72. The van der Waals surface area contributed by atoms with Crippen molar-refractivity contribution in [2.75, 3.05) is 5.32 Å². The summed E-state index contributed by atoms with van der Waals surface area (Å²) in [7, 11) is 0. The van der Waals surface area contributed by atoms with Crippen LogP contribution in [0, 0.1) is 12.8 Å². The summed E-state index contributed by atoms with van der Waals surface area (Å²) in [5.41, 5.74) is 7.51. The SMILES string of the molecule is Cc1cccc(C(=O)Nc2ccc(C(=O)NNC(=S)NC(=O)CC3CCCC3)cc2)c1. The van der Waals surface area contributed by atoms with Gasteiger partial charge in [0.15, 0.2) is 5.11 Å². The first-order valence-electron chi connectivity index (χ1n) is 10.3. The zero-order valence-corrected chi connectivity index (χ0v) is 18.2. The second-order valence-corrected chi connectivity index (χ2v) is 8.12. The highest BCUT2D eigenvalue weighted by atomic mass is 32.1. The highest BCUT2D eigenvalue weighted by molar-refractivity contribution is 7.80. The van der Waals surface area contributed by atoms with E-state index in [1.54, 1.807) is 36.4 Å². The highest BCUT2D eigenvalue weighted by Crippen LogP contribution is 2.27. The van der Waals surface area contributed by atoms with Gasteiger partial charge in [0.05, 0.1) is 0 Å². The van der Waals surface area contributed by atoms with Gasteiger partial charge in [-0.15, -0.1) is 0 Å². The fourth-order valence-electron chi connectivity index (χ4n) is 3.57. The summed E-state index contributed by atoms with van der Waals surface area (Å²) in [5.74, 6) is -0.361. The highest BCUT2D eigenvalue weighted by Gasteiger charge is 2.19. The van der Waals surface area contributed by atoms with Crippen molar-refractivity contribution in [1.82, 2.24) is 16.2 Å². The van der Waals surface area contributed by atoms with Crippen LogP contribution in [0.1, 0.15) is 58.4 Å². The molecule has 31 heavy (non-hydrogen) atoms. The number of hydrogen-bond donors (Lipinski definition) is 4. The molecular formula is C23H26N4O3S. The molecule has 1 fully saturated rings. The third-order valence-corrected chi connectivity index (χ3v) is 5.38. The van der Waals surface area contributed by atoms with Gasteiger partial charge in [0.1, 0.15) is 0 Å². The molecule has 0 radical (unpaired) electrons. The van der Waals surface area contributed by atoms with Gasteiger partial charge in [0, 0.05) is 23.2 Å². The maximum atomic E-state index is 12.3. The summed E-state index contributed by atoms with van der Waals surface area (Å²) in [4.78, 5) is 36.6. The fraction of sp³-hybridized carbons (Fsp3) is 0.304. The lowest BCUT2D eigenvalue weighted by Gasteiger charge is -2.13. The first-order chi connectivity index (χ1) is 14.9. The lowest BCUT2D eigenvalue weighted by molar-refractivity contribution is -0.120. The summed E-state index contributed by atoms with van der Waals surface area (Å²) in [6.45, 7) is 1.92. The first-order valence-corrected chi connectivity index (χ1v) is 10.7. The zero-order chi connectivity index (χ0) is 22.2. The summed E-state index contributed by atoms with van der Waals surface area (Å²) >= 11 is 5.06. The molecule has 1 aliphatic rings. The molecule has 0 aliphatic heterocycles. The normalized spacial score (nSPS) is 13.3. The van der Waals surface area contributed by atoms with Gasteiger partial charge >= 0.3 is 0 Å². The summed E-state index contributed by atoms with van der Waals surface area (Å²) in [6, 6.07) is 13.8. The number of nitrogens with one attached hydrogen (secondary N) is 4. The minimum atomic E-state index is -0.413. The van der Waals surface area contributed by atoms with Crippen molar-refractivity contribution in [2.24, 2.45) is 5.92 Å². The van der Waals surface area contributed by atoms with E-state index in [1.165, 1.54) is 12.8 Å². The van der Waals surface area contributed by atoms with Crippen molar-refractivity contribution in [3.8, 4) is 0 Å². The average molecular weight is 439 g/mol. The Morgan fingerprint density at radius 2 is 1.65 bits per heavy atom. The molecule has 4 N–H and O–H groups in total. The fourth-order valence-corrected chi connectivity index (χ4v) is 3.73. The van der Waals surface area contributed by atoms with Crippen molar-refractivity contribution in [2.45, 2.75) is 39.0 Å². The van der Waals surface area contributed by atoms with Crippen LogP contribution in [0.4, 0.5) is 5.69 Å². The van der Waals surface area contributed by atoms with E-state index in [-0.39, 0.29) is 16.9 Å². The first kappa shape index (κ1) is 22.4. The van der Waals surface area contributed by atoms with Gasteiger partial charge in [-0.05, 0) is 74.3 Å². The van der Waals surface area contributed by atoms with Crippen LogP contribution in [0.15, 0.2) is 48.5 Å². The van der Waals surface area contributed by atoms with Crippen molar-refractivity contribution < 1.29 is 14.4 Å². The second kappa shape index (κ2) is 10.7. The van der Waals surface area contributed by atoms with Crippen molar-refractivity contribution >= 4 is 40.7 Å². The number of carbonyl (C=O) groups excluding carboxylic acids is 3. The topological polar surface area (TPSA) is 99.3 Å². The molecule has 3 rings (SSSR count). The van der Waals surface area contributed by atoms with Gasteiger partial charge < -0.3 is 10.6 Å². The van der Waals surface area contributed by atoms with Crippen molar-refractivity contribution in [3.63, 3.8) is 0 Å². The molecule has 7 nitrogen and oxygen atoms in total. The second-order valence-electron chi connectivity index (χ2n) is 7.71. The molecule has 0 atom stereocenters. The van der Waals surface area contributed by atoms with Crippen LogP contribution in [0.3, 0.4) is 0 Å². The predicted molar refractivity (Wildman–Crippen MR) is 123 cm³/mol. The number of carbonyl (C=O) groups is 3. The van der Waals surface area contributed by atoms with Gasteiger partial charge in [-0.3, -0.25) is 25.2 Å². The van der Waals surface area contributed by atoms with Crippen LogP contribution < -0.4 is 21.5 Å². The van der Waals surface area contributed by atoms with Crippen LogP contribution >= 0.6 is 12.2 Å². The summed E-state index contributed by atoms with van der Waals surface area (Å²) in [5, 5.41) is 5.44. The number of amides is 3. The number of anilines is 1. The molecule has 2 aromatic carbocycles. The molecule has 3 amide bonds. The van der Waals surface area contributed by atoms with Crippen LogP contribution in [-0.2, 0) is 4.79 Å². The molecule has 8 heteroatoms. The predicted octanol–water partition coefficient (Wildman–Crippen LogP) is 3.46. The third-order valence-electron chi connectivity index (χ3n) is 5.18. The van der Waals surface area contributed by atoms with Gasteiger partial charge in [0.2, 0.25) is 5.91 Å². The lowest BCUT2D eigenvalue weighted by atomic mass is 10.0. The van der Waals surface area contributed by atoms with Gasteiger partial charge in [-0.1, -0.05) is 30.5 Å². The largest absolute Gasteiger partial charge is 0.322 e. The van der Waals surface area contributed by atoms with E-state index in [0.717, 1.165) is 18.4 Å². The number of hydrazine groups is 1. The molecule has 0 aromatic heterocycles. The number of benzene rings is 2. The average Bonchev–Trinajstić information content (AvgIpc) is 3.25. The minimum Gasteiger partial charge on any atom is -0.322 e.